The molecule has 0 spiro atoms. The SMILES string of the molecule is CS(=O)(=O)N1CCC(C(=O)Nc2ccc(Nc3cc(-n4ccnc4)ncn3)cc2)CC1. The van der Waals surface area contributed by atoms with Crippen molar-refractivity contribution < 1.29 is 13.2 Å². The van der Waals surface area contributed by atoms with E-state index in [2.05, 4.69) is 25.6 Å². The van der Waals surface area contributed by atoms with E-state index in [4.69, 9.17) is 0 Å². The zero-order valence-electron chi connectivity index (χ0n) is 17.0. The van der Waals surface area contributed by atoms with Crippen LogP contribution >= 0.6 is 0 Å². The topological polar surface area (TPSA) is 122 Å². The first-order valence-corrected chi connectivity index (χ1v) is 11.7. The van der Waals surface area contributed by atoms with Crippen LogP contribution in [-0.2, 0) is 14.8 Å². The maximum absolute atomic E-state index is 12.5. The van der Waals surface area contributed by atoms with Crippen molar-refractivity contribution in [1.82, 2.24) is 23.8 Å². The number of nitrogens with one attached hydrogen (secondary N) is 2. The Balaban J connectivity index is 1.34. The predicted molar refractivity (Wildman–Crippen MR) is 117 cm³/mol. The summed E-state index contributed by atoms with van der Waals surface area (Å²) in [6.07, 6.45) is 8.85. The standard InChI is InChI=1S/C20H23N7O3S/c1-31(29,30)27-9-6-15(7-10-27)20(28)25-17-4-2-16(3-5-17)24-18-12-19(23-13-22-18)26-11-8-21-14-26/h2-5,8,11-15H,6-7,9-10H2,1H3,(H,25,28)(H,22,23,24). The molecule has 0 saturated carbocycles. The number of sulfonamides is 1. The molecular weight excluding hydrogens is 418 g/mol. The number of carbonyl (C=O) groups is 1. The summed E-state index contributed by atoms with van der Waals surface area (Å²) < 4.78 is 26.4. The molecule has 1 saturated heterocycles. The maximum atomic E-state index is 12.5. The summed E-state index contributed by atoms with van der Waals surface area (Å²) in [7, 11) is -3.20. The van der Waals surface area contributed by atoms with E-state index in [1.165, 1.54) is 16.9 Å². The summed E-state index contributed by atoms with van der Waals surface area (Å²) >= 11 is 0. The maximum Gasteiger partial charge on any atom is 0.227 e. The number of hydrogen-bond acceptors (Lipinski definition) is 7. The molecule has 10 nitrogen and oxygen atoms in total. The fourth-order valence-corrected chi connectivity index (χ4v) is 4.30. The molecule has 1 aliphatic heterocycles. The van der Waals surface area contributed by atoms with Gasteiger partial charge in [0.15, 0.2) is 0 Å². The van der Waals surface area contributed by atoms with Gasteiger partial charge in [0.05, 0.1) is 6.26 Å². The zero-order chi connectivity index (χ0) is 21.8. The van der Waals surface area contributed by atoms with Crippen molar-refractivity contribution in [3.05, 3.63) is 55.4 Å². The van der Waals surface area contributed by atoms with E-state index in [9.17, 15) is 13.2 Å². The van der Waals surface area contributed by atoms with Gasteiger partial charge in [-0.15, -0.1) is 0 Å². The molecule has 1 aliphatic rings. The van der Waals surface area contributed by atoms with E-state index in [1.807, 2.05) is 24.3 Å². The van der Waals surface area contributed by atoms with Crippen molar-refractivity contribution in [2.45, 2.75) is 12.8 Å². The lowest BCUT2D eigenvalue weighted by atomic mass is 9.97. The van der Waals surface area contributed by atoms with Crippen LogP contribution < -0.4 is 10.6 Å². The van der Waals surface area contributed by atoms with Crippen LogP contribution in [0.15, 0.2) is 55.4 Å². The smallest absolute Gasteiger partial charge is 0.227 e. The van der Waals surface area contributed by atoms with Crippen LogP contribution in [0, 0.1) is 5.92 Å². The van der Waals surface area contributed by atoms with E-state index in [0.717, 1.165) is 5.69 Å². The van der Waals surface area contributed by atoms with E-state index < -0.39 is 10.0 Å². The molecule has 1 fully saturated rings. The average Bonchev–Trinajstić information content (AvgIpc) is 3.30. The van der Waals surface area contributed by atoms with Gasteiger partial charge in [-0.25, -0.2) is 27.7 Å². The Morgan fingerprint density at radius 2 is 1.81 bits per heavy atom. The van der Waals surface area contributed by atoms with Gasteiger partial charge in [0.25, 0.3) is 0 Å². The molecule has 162 valence electrons. The highest BCUT2D eigenvalue weighted by Gasteiger charge is 2.28. The molecule has 1 amide bonds. The van der Waals surface area contributed by atoms with E-state index >= 15 is 0 Å². The van der Waals surface area contributed by atoms with Gasteiger partial charge in [-0.3, -0.25) is 9.36 Å². The van der Waals surface area contributed by atoms with Gasteiger partial charge >= 0.3 is 0 Å². The fourth-order valence-electron chi connectivity index (χ4n) is 3.43. The summed E-state index contributed by atoms with van der Waals surface area (Å²) in [4.78, 5) is 25.0. The molecule has 31 heavy (non-hydrogen) atoms. The molecule has 1 aromatic carbocycles. The molecule has 4 rings (SSSR count). The number of nitrogens with zero attached hydrogens (tertiary/aromatic N) is 5. The van der Waals surface area contributed by atoms with Crippen molar-refractivity contribution in [3.63, 3.8) is 0 Å². The van der Waals surface area contributed by atoms with Gasteiger partial charge in [0.1, 0.15) is 24.3 Å². The van der Waals surface area contributed by atoms with E-state index in [0.29, 0.717) is 43.3 Å². The quantitative estimate of drug-likeness (QED) is 0.600. The molecular formula is C20H23N7O3S. The molecule has 0 radical (unpaired) electrons. The van der Waals surface area contributed by atoms with E-state index in [-0.39, 0.29) is 11.8 Å². The van der Waals surface area contributed by atoms with Gasteiger partial charge in [0.2, 0.25) is 15.9 Å². The number of benzene rings is 1. The number of hydrogen-bond donors (Lipinski definition) is 2. The molecule has 0 aliphatic carbocycles. The highest BCUT2D eigenvalue weighted by molar-refractivity contribution is 7.88. The highest BCUT2D eigenvalue weighted by atomic mass is 32.2. The average molecular weight is 442 g/mol. The van der Waals surface area contributed by atoms with Gasteiger partial charge in [-0.1, -0.05) is 0 Å². The van der Waals surface area contributed by atoms with Crippen LogP contribution in [-0.4, -0.2) is 57.5 Å². The van der Waals surface area contributed by atoms with Gasteiger partial charge in [-0.05, 0) is 37.1 Å². The number of carbonyl (C=O) groups excluding carboxylic acids is 1. The molecule has 3 aromatic rings. The predicted octanol–water partition coefficient (Wildman–Crippen LogP) is 2.02. The number of rotatable bonds is 6. The summed E-state index contributed by atoms with van der Waals surface area (Å²) in [5.41, 5.74) is 1.50. The second kappa shape index (κ2) is 8.82. The van der Waals surface area contributed by atoms with Gasteiger partial charge in [0, 0.05) is 48.8 Å². The number of anilines is 3. The molecule has 2 N–H and O–H groups in total. The second-order valence-electron chi connectivity index (χ2n) is 7.36. The number of piperidine rings is 1. The Kier molecular flexibility index (Phi) is 5.96. The molecule has 0 bridgehead atoms. The largest absolute Gasteiger partial charge is 0.340 e. The Labute approximate surface area is 180 Å². The van der Waals surface area contributed by atoms with Crippen LogP contribution in [0.3, 0.4) is 0 Å². The fraction of sp³-hybridized carbons (Fsp3) is 0.300. The minimum atomic E-state index is -3.20. The second-order valence-corrected chi connectivity index (χ2v) is 9.34. The first-order chi connectivity index (χ1) is 14.9. The molecule has 2 aromatic heterocycles. The Morgan fingerprint density at radius 3 is 2.45 bits per heavy atom. The third-order valence-corrected chi connectivity index (χ3v) is 6.44. The van der Waals surface area contributed by atoms with Crippen molar-refractivity contribution >= 4 is 33.1 Å². The first kappa shape index (κ1) is 20.9. The lowest BCUT2D eigenvalue weighted by molar-refractivity contribution is -0.120. The zero-order valence-corrected chi connectivity index (χ0v) is 17.8. The lowest BCUT2D eigenvalue weighted by Gasteiger charge is -2.29. The normalized spacial score (nSPS) is 15.5. The van der Waals surface area contributed by atoms with Crippen molar-refractivity contribution in [3.8, 4) is 5.82 Å². The summed E-state index contributed by atoms with van der Waals surface area (Å²) in [5.74, 6) is 1.04. The summed E-state index contributed by atoms with van der Waals surface area (Å²) in [6.45, 7) is 0.750. The Morgan fingerprint density at radius 1 is 1.10 bits per heavy atom. The number of aromatic nitrogens is 4. The monoisotopic (exact) mass is 441 g/mol. The van der Waals surface area contributed by atoms with Gasteiger partial charge < -0.3 is 10.6 Å². The van der Waals surface area contributed by atoms with Gasteiger partial charge in [-0.2, -0.15) is 0 Å². The third-order valence-electron chi connectivity index (χ3n) is 5.14. The highest BCUT2D eigenvalue weighted by Crippen LogP contribution is 2.23. The first-order valence-electron chi connectivity index (χ1n) is 9.82. The Bertz CT molecular complexity index is 1140. The minimum Gasteiger partial charge on any atom is -0.340 e. The third kappa shape index (κ3) is 5.25. The molecule has 11 heteroatoms. The number of amides is 1. The van der Waals surface area contributed by atoms with Crippen molar-refractivity contribution in [2.75, 3.05) is 30.0 Å². The van der Waals surface area contributed by atoms with Crippen LogP contribution in [0.1, 0.15) is 12.8 Å². The molecule has 3 heterocycles. The van der Waals surface area contributed by atoms with Crippen LogP contribution in [0.5, 0.6) is 0 Å². The van der Waals surface area contributed by atoms with Crippen LogP contribution in [0.4, 0.5) is 17.2 Å². The van der Waals surface area contributed by atoms with Crippen LogP contribution in [0.25, 0.3) is 5.82 Å². The number of imidazole rings is 1. The molecule has 0 unspecified atom stereocenters. The van der Waals surface area contributed by atoms with Crippen molar-refractivity contribution in [2.24, 2.45) is 5.92 Å². The van der Waals surface area contributed by atoms with Crippen LogP contribution in [0.2, 0.25) is 0 Å². The molecule has 0 atom stereocenters. The lowest BCUT2D eigenvalue weighted by Crippen LogP contribution is -2.40. The van der Waals surface area contributed by atoms with Crippen molar-refractivity contribution in [1.29, 1.82) is 0 Å². The Hall–Kier alpha value is -3.31. The minimum absolute atomic E-state index is 0.0883. The summed E-state index contributed by atoms with van der Waals surface area (Å²) in [5, 5.41) is 6.12. The van der Waals surface area contributed by atoms with E-state index in [1.54, 1.807) is 29.4 Å². The summed E-state index contributed by atoms with van der Waals surface area (Å²) in [6, 6.07) is 9.12.